The number of hydrogen-bond acceptors (Lipinski definition) is 1. The molecule has 2 N–H and O–H groups in total. The van der Waals surface area contributed by atoms with Crippen molar-refractivity contribution in [3.63, 3.8) is 0 Å². The van der Waals surface area contributed by atoms with Crippen molar-refractivity contribution in [3.05, 3.63) is 60.2 Å². The van der Waals surface area contributed by atoms with E-state index in [0.717, 1.165) is 18.4 Å². The molecule has 126 valence electrons. The van der Waals surface area contributed by atoms with E-state index < -0.39 is 0 Å². The van der Waals surface area contributed by atoms with Gasteiger partial charge >= 0.3 is 6.03 Å². The average Bonchev–Trinajstić information content (AvgIpc) is 2.45. The number of carbonyl (C=O) groups is 1. The molecule has 2 amide bonds. The van der Waals surface area contributed by atoms with Gasteiger partial charge in [0.25, 0.3) is 0 Å². The number of rotatable bonds is 8. The van der Waals surface area contributed by atoms with Crippen LogP contribution in [0.1, 0.15) is 39.7 Å². The van der Waals surface area contributed by atoms with E-state index in [0.29, 0.717) is 12.5 Å². The molecule has 1 aromatic rings. The third-order valence-corrected chi connectivity index (χ3v) is 3.56. The van der Waals surface area contributed by atoms with Crippen LogP contribution >= 0.6 is 0 Å². The van der Waals surface area contributed by atoms with E-state index >= 15 is 0 Å². The van der Waals surface area contributed by atoms with Crippen molar-refractivity contribution in [2.75, 3.05) is 6.54 Å². The van der Waals surface area contributed by atoms with Crippen LogP contribution in [0.3, 0.4) is 0 Å². The summed E-state index contributed by atoms with van der Waals surface area (Å²) < 4.78 is 0. The van der Waals surface area contributed by atoms with Gasteiger partial charge in [0.1, 0.15) is 0 Å². The molecule has 0 spiro atoms. The summed E-state index contributed by atoms with van der Waals surface area (Å²) in [4.78, 5) is 12.1. The highest BCUT2D eigenvalue weighted by molar-refractivity contribution is 5.74. The van der Waals surface area contributed by atoms with Crippen LogP contribution in [0.4, 0.5) is 4.79 Å². The summed E-state index contributed by atoms with van der Waals surface area (Å²) in [7, 11) is 0. The number of amides is 2. The Hall–Kier alpha value is -2.03. The Morgan fingerprint density at radius 1 is 1.30 bits per heavy atom. The van der Waals surface area contributed by atoms with Crippen molar-refractivity contribution in [1.29, 1.82) is 0 Å². The van der Waals surface area contributed by atoms with E-state index in [-0.39, 0.29) is 11.6 Å². The molecule has 0 saturated carbocycles. The summed E-state index contributed by atoms with van der Waals surface area (Å²) in [6, 6.07) is 10.1. The monoisotopic (exact) mass is 314 g/mol. The quantitative estimate of drug-likeness (QED) is 0.683. The van der Waals surface area contributed by atoms with E-state index in [4.69, 9.17) is 0 Å². The second-order valence-electron chi connectivity index (χ2n) is 6.85. The van der Waals surface area contributed by atoms with Gasteiger partial charge in [-0.15, -0.1) is 0 Å². The minimum absolute atomic E-state index is 0.116. The second kappa shape index (κ2) is 9.19. The first-order valence-corrected chi connectivity index (χ1v) is 8.23. The lowest BCUT2D eigenvalue weighted by Crippen LogP contribution is -2.50. The number of carbonyl (C=O) groups excluding carboxylic acids is 1. The van der Waals surface area contributed by atoms with Crippen LogP contribution in [0.25, 0.3) is 0 Å². The third-order valence-electron chi connectivity index (χ3n) is 3.56. The summed E-state index contributed by atoms with van der Waals surface area (Å²) in [5, 5.41) is 6.01. The standard InChI is InChI=1S/C20H30N2O/c1-6-10-16(2)13-17(3)15-21-19(23)22-20(4,5)14-18-11-8-7-9-12-18/h6-12,17H,2,13-15H2,1,3-5H3,(H2,21,22,23)/b10-6-/t17-/m0/s1. The molecule has 0 aliphatic heterocycles. The van der Waals surface area contributed by atoms with E-state index in [1.54, 1.807) is 0 Å². The van der Waals surface area contributed by atoms with Gasteiger partial charge in [0.05, 0.1) is 0 Å². The first-order chi connectivity index (χ1) is 10.8. The van der Waals surface area contributed by atoms with Gasteiger partial charge in [0.2, 0.25) is 0 Å². The fourth-order valence-corrected chi connectivity index (χ4v) is 2.59. The maximum Gasteiger partial charge on any atom is 0.315 e. The molecule has 0 unspecified atom stereocenters. The lowest BCUT2D eigenvalue weighted by molar-refractivity contribution is 0.228. The summed E-state index contributed by atoms with van der Waals surface area (Å²) in [5.41, 5.74) is 2.02. The molecule has 0 saturated heterocycles. The Morgan fingerprint density at radius 3 is 2.57 bits per heavy atom. The Balaban J connectivity index is 2.38. The van der Waals surface area contributed by atoms with Gasteiger partial charge in [-0.1, -0.05) is 61.6 Å². The molecular formula is C20H30N2O. The van der Waals surface area contributed by atoms with Gasteiger partial charge in [0.15, 0.2) is 0 Å². The van der Waals surface area contributed by atoms with Crippen molar-refractivity contribution < 1.29 is 4.79 Å². The normalized spacial score (nSPS) is 12.9. The van der Waals surface area contributed by atoms with Crippen molar-refractivity contribution in [2.24, 2.45) is 5.92 Å². The van der Waals surface area contributed by atoms with Crippen LogP contribution in [0.15, 0.2) is 54.6 Å². The highest BCUT2D eigenvalue weighted by atomic mass is 16.2. The van der Waals surface area contributed by atoms with Gasteiger partial charge in [0, 0.05) is 12.1 Å². The molecule has 0 heterocycles. The van der Waals surface area contributed by atoms with Gasteiger partial charge < -0.3 is 10.6 Å². The van der Waals surface area contributed by atoms with Gasteiger partial charge in [-0.3, -0.25) is 0 Å². The molecule has 0 fully saturated rings. The lowest BCUT2D eigenvalue weighted by Gasteiger charge is -2.27. The number of allylic oxidation sites excluding steroid dienone is 3. The Morgan fingerprint density at radius 2 is 1.96 bits per heavy atom. The van der Waals surface area contributed by atoms with Crippen LogP contribution in [-0.2, 0) is 6.42 Å². The zero-order valence-electron chi connectivity index (χ0n) is 14.9. The topological polar surface area (TPSA) is 41.1 Å². The molecule has 1 rings (SSSR count). The number of hydrogen-bond donors (Lipinski definition) is 2. The van der Waals surface area contributed by atoms with Crippen LogP contribution in [0.2, 0.25) is 0 Å². The SMILES string of the molecule is C=C(/C=C\C)C[C@H](C)CNC(=O)NC(C)(C)Cc1ccccc1. The summed E-state index contributed by atoms with van der Waals surface area (Å²) >= 11 is 0. The minimum Gasteiger partial charge on any atom is -0.338 e. The molecule has 3 nitrogen and oxygen atoms in total. The molecule has 23 heavy (non-hydrogen) atoms. The highest BCUT2D eigenvalue weighted by Gasteiger charge is 2.21. The van der Waals surface area contributed by atoms with Crippen molar-refractivity contribution in [1.82, 2.24) is 10.6 Å². The van der Waals surface area contributed by atoms with Crippen LogP contribution in [0.5, 0.6) is 0 Å². The predicted molar refractivity (Wildman–Crippen MR) is 98.5 cm³/mol. The minimum atomic E-state index is -0.288. The molecule has 0 bridgehead atoms. The van der Waals surface area contributed by atoms with E-state index in [9.17, 15) is 4.79 Å². The largest absolute Gasteiger partial charge is 0.338 e. The predicted octanol–water partition coefficient (Wildman–Crippen LogP) is 4.47. The molecule has 0 aliphatic rings. The average molecular weight is 314 g/mol. The van der Waals surface area contributed by atoms with Gasteiger partial charge in [-0.25, -0.2) is 4.79 Å². The summed E-state index contributed by atoms with van der Waals surface area (Å²) in [6.45, 7) is 12.8. The molecule has 1 atom stereocenters. The molecule has 0 aliphatic carbocycles. The smallest absolute Gasteiger partial charge is 0.315 e. The maximum atomic E-state index is 12.1. The van der Waals surface area contributed by atoms with Crippen molar-refractivity contribution in [2.45, 2.75) is 46.1 Å². The van der Waals surface area contributed by atoms with Crippen molar-refractivity contribution in [3.8, 4) is 0 Å². The fraction of sp³-hybridized carbons (Fsp3) is 0.450. The molecule has 0 aromatic heterocycles. The van der Waals surface area contributed by atoms with Crippen molar-refractivity contribution >= 4 is 6.03 Å². The first kappa shape index (κ1) is 19.0. The zero-order valence-corrected chi connectivity index (χ0v) is 14.9. The fourth-order valence-electron chi connectivity index (χ4n) is 2.59. The maximum absolute atomic E-state index is 12.1. The van der Waals surface area contributed by atoms with E-state index in [1.807, 2.05) is 51.1 Å². The molecular weight excluding hydrogens is 284 g/mol. The summed E-state index contributed by atoms with van der Waals surface area (Å²) in [6.07, 6.45) is 5.69. The second-order valence-corrected chi connectivity index (χ2v) is 6.85. The number of nitrogens with one attached hydrogen (secondary N) is 2. The van der Waals surface area contributed by atoms with Crippen LogP contribution in [-0.4, -0.2) is 18.1 Å². The van der Waals surface area contributed by atoms with Crippen LogP contribution < -0.4 is 10.6 Å². The third kappa shape index (κ3) is 8.24. The van der Waals surface area contributed by atoms with Crippen LogP contribution in [0, 0.1) is 5.92 Å². The number of benzene rings is 1. The molecule has 3 heteroatoms. The lowest BCUT2D eigenvalue weighted by atomic mass is 9.95. The Bertz CT molecular complexity index is 532. The first-order valence-electron chi connectivity index (χ1n) is 8.23. The highest BCUT2D eigenvalue weighted by Crippen LogP contribution is 2.13. The summed E-state index contributed by atoms with van der Waals surface area (Å²) in [5.74, 6) is 0.363. The van der Waals surface area contributed by atoms with E-state index in [1.165, 1.54) is 5.56 Å². The zero-order chi connectivity index (χ0) is 17.3. The Labute approximate surface area is 140 Å². The van der Waals surface area contributed by atoms with Gasteiger partial charge in [-0.05, 0) is 45.1 Å². The Kier molecular flexibility index (Phi) is 7.60. The molecule has 1 aromatic carbocycles. The van der Waals surface area contributed by atoms with E-state index in [2.05, 4.69) is 36.3 Å². The number of urea groups is 1. The van der Waals surface area contributed by atoms with Gasteiger partial charge in [-0.2, -0.15) is 0 Å². The molecule has 0 radical (unpaired) electrons.